The molecule has 0 aliphatic rings. The van der Waals surface area contributed by atoms with Crippen LogP contribution >= 0.6 is 8.25 Å². The first kappa shape index (κ1) is 24.9. The molecular formula is C16H34KO3P+. The van der Waals surface area contributed by atoms with Crippen molar-refractivity contribution < 1.29 is 13.6 Å². The Kier molecular flexibility index (Phi) is 21.3. The van der Waals surface area contributed by atoms with Gasteiger partial charge >= 0.3 is 8.25 Å². The molecule has 1 radical (unpaired) electrons. The van der Waals surface area contributed by atoms with Crippen molar-refractivity contribution in [1.29, 1.82) is 0 Å². The van der Waals surface area contributed by atoms with Crippen molar-refractivity contribution in [1.82, 2.24) is 0 Å². The monoisotopic (exact) mass is 344 g/mol. The fraction of sp³-hybridized carbons (Fsp3) is 1.00. The van der Waals surface area contributed by atoms with Crippen LogP contribution in [0.25, 0.3) is 0 Å². The number of hydrogen-bond acceptors (Lipinski definition) is 3. The van der Waals surface area contributed by atoms with E-state index in [1.54, 1.807) is 0 Å². The molecule has 0 aliphatic carbocycles. The number of rotatable bonds is 14. The summed E-state index contributed by atoms with van der Waals surface area (Å²) in [7, 11) is -1.94. The maximum atomic E-state index is 11.7. The minimum atomic E-state index is -1.94. The molecule has 121 valence electrons. The van der Waals surface area contributed by atoms with E-state index in [1.165, 1.54) is 25.7 Å². The summed E-state index contributed by atoms with van der Waals surface area (Å²) >= 11 is 0. The maximum absolute atomic E-state index is 11.7. The second-order valence-corrected chi connectivity index (χ2v) is 6.61. The molecule has 5 heteroatoms. The van der Waals surface area contributed by atoms with Gasteiger partial charge in [0.15, 0.2) is 0 Å². The normalized spacial score (nSPS) is 14.4. The van der Waals surface area contributed by atoms with Gasteiger partial charge in [0.1, 0.15) is 13.2 Å². The van der Waals surface area contributed by atoms with E-state index in [1.807, 2.05) is 0 Å². The largest absolute Gasteiger partial charge is 0.697 e. The molecule has 0 bridgehead atoms. The minimum Gasteiger partial charge on any atom is -0.119 e. The van der Waals surface area contributed by atoms with Gasteiger partial charge in [0.25, 0.3) is 0 Å². The van der Waals surface area contributed by atoms with Crippen LogP contribution in [0.4, 0.5) is 0 Å². The smallest absolute Gasteiger partial charge is 0.119 e. The molecule has 0 aromatic rings. The van der Waals surface area contributed by atoms with Crippen molar-refractivity contribution in [2.24, 2.45) is 11.8 Å². The second kappa shape index (κ2) is 18.0. The van der Waals surface area contributed by atoms with E-state index in [-0.39, 0.29) is 51.4 Å². The predicted molar refractivity (Wildman–Crippen MR) is 91.9 cm³/mol. The predicted octanol–water partition coefficient (Wildman–Crippen LogP) is 5.73. The van der Waals surface area contributed by atoms with E-state index >= 15 is 0 Å². The van der Waals surface area contributed by atoms with Gasteiger partial charge in [0.05, 0.1) is 0 Å². The van der Waals surface area contributed by atoms with Crippen molar-refractivity contribution in [2.45, 2.75) is 79.1 Å². The fourth-order valence-electron chi connectivity index (χ4n) is 2.17. The average molecular weight is 345 g/mol. The van der Waals surface area contributed by atoms with E-state index in [2.05, 4.69) is 27.7 Å². The van der Waals surface area contributed by atoms with Crippen LogP contribution in [0.2, 0.25) is 0 Å². The molecule has 21 heavy (non-hydrogen) atoms. The van der Waals surface area contributed by atoms with Crippen LogP contribution in [0.1, 0.15) is 79.1 Å². The second-order valence-electron chi connectivity index (χ2n) is 5.65. The quantitative estimate of drug-likeness (QED) is 0.298. The summed E-state index contributed by atoms with van der Waals surface area (Å²) in [5.74, 6) is 1.03. The Balaban J connectivity index is 0. The first-order valence-corrected chi connectivity index (χ1v) is 9.50. The Morgan fingerprint density at radius 2 is 1.19 bits per heavy atom. The van der Waals surface area contributed by atoms with E-state index < -0.39 is 8.25 Å². The van der Waals surface area contributed by atoms with Gasteiger partial charge in [-0.2, -0.15) is 0 Å². The maximum Gasteiger partial charge on any atom is 0.697 e. The number of unbranched alkanes of at least 4 members (excludes halogenated alkanes) is 2. The first-order chi connectivity index (χ1) is 9.67. The van der Waals surface area contributed by atoms with Gasteiger partial charge in [-0.15, -0.1) is 9.05 Å². The van der Waals surface area contributed by atoms with Gasteiger partial charge in [-0.3, -0.25) is 0 Å². The van der Waals surface area contributed by atoms with Crippen LogP contribution in [-0.2, 0) is 13.6 Å². The molecule has 0 fully saturated rings. The summed E-state index contributed by atoms with van der Waals surface area (Å²) < 4.78 is 22.5. The molecule has 2 atom stereocenters. The Labute approximate surface area is 175 Å². The van der Waals surface area contributed by atoms with Crippen molar-refractivity contribution >= 4 is 59.6 Å². The van der Waals surface area contributed by atoms with Gasteiger partial charge in [0.2, 0.25) is 0 Å². The van der Waals surface area contributed by atoms with Gasteiger partial charge in [0, 0.05) is 55.9 Å². The van der Waals surface area contributed by atoms with Crippen molar-refractivity contribution in [3.05, 3.63) is 0 Å². The summed E-state index contributed by atoms with van der Waals surface area (Å²) in [5, 5.41) is 0. The number of hydrogen-bond donors (Lipinski definition) is 0. The Morgan fingerprint density at radius 1 is 0.810 bits per heavy atom. The third-order valence-electron chi connectivity index (χ3n) is 3.92. The molecule has 0 heterocycles. The summed E-state index contributed by atoms with van der Waals surface area (Å²) in [5.41, 5.74) is 0. The molecule has 0 amide bonds. The van der Waals surface area contributed by atoms with E-state index in [4.69, 9.17) is 9.05 Å². The van der Waals surface area contributed by atoms with E-state index in [0.29, 0.717) is 25.0 Å². The van der Waals surface area contributed by atoms with Crippen molar-refractivity contribution in [2.75, 3.05) is 13.2 Å². The zero-order chi connectivity index (χ0) is 15.2. The van der Waals surface area contributed by atoms with Gasteiger partial charge in [-0.1, -0.05) is 66.2 Å². The summed E-state index contributed by atoms with van der Waals surface area (Å²) in [6.07, 6.45) is 9.31. The van der Waals surface area contributed by atoms with Crippen LogP contribution in [-0.4, -0.2) is 64.6 Å². The Hall–Kier alpha value is 1.66. The van der Waals surface area contributed by atoms with Crippen LogP contribution in [0.15, 0.2) is 0 Å². The Morgan fingerprint density at radius 3 is 1.48 bits per heavy atom. The standard InChI is InChI=1S/C16H34O3P.K/c1-5-9-11-15(7-3)13-18-20(17)19-14-16(8-4)12-10-6-2;/h15-16H,5-14H2,1-4H3;/q+1;. The zero-order valence-corrected chi connectivity index (χ0v) is 18.9. The molecule has 0 spiro atoms. The minimum absolute atomic E-state index is 0. The molecule has 0 N–H and O–H groups in total. The molecule has 0 aromatic heterocycles. The SMILES string of the molecule is CCCCC(CC)CO[P+](=O)OCC(CC)CCCC.[K]. The zero-order valence-electron chi connectivity index (χ0n) is 14.9. The van der Waals surface area contributed by atoms with Crippen LogP contribution in [0.3, 0.4) is 0 Å². The average Bonchev–Trinajstić information content (AvgIpc) is 2.47. The third kappa shape index (κ3) is 15.0. The Bertz CT molecular complexity index is 218. The van der Waals surface area contributed by atoms with Crippen molar-refractivity contribution in [3.8, 4) is 0 Å². The van der Waals surface area contributed by atoms with Crippen LogP contribution < -0.4 is 0 Å². The van der Waals surface area contributed by atoms with Gasteiger partial charge < -0.3 is 0 Å². The molecule has 0 aliphatic heterocycles. The summed E-state index contributed by atoms with van der Waals surface area (Å²) in [6.45, 7) is 9.84. The van der Waals surface area contributed by atoms with Gasteiger partial charge in [-0.25, -0.2) is 0 Å². The molecule has 0 aromatic carbocycles. The van der Waals surface area contributed by atoms with E-state index in [9.17, 15) is 4.57 Å². The molecule has 0 saturated carbocycles. The van der Waals surface area contributed by atoms with Crippen molar-refractivity contribution in [3.63, 3.8) is 0 Å². The molecule has 0 rings (SSSR count). The summed E-state index contributed by atoms with van der Waals surface area (Å²) in [6, 6.07) is 0. The molecular weight excluding hydrogens is 310 g/mol. The van der Waals surface area contributed by atoms with E-state index in [0.717, 1.165) is 25.7 Å². The van der Waals surface area contributed by atoms with Crippen LogP contribution in [0, 0.1) is 11.8 Å². The molecule has 3 nitrogen and oxygen atoms in total. The molecule has 2 unspecified atom stereocenters. The van der Waals surface area contributed by atoms with Crippen LogP contribution in [0.5, 0.6) is 0 Å². The fourth-order valence-corrected chi connectivity index (χ4v) is 2.91. The first-order valence-electron chi connectivity index (χ1n) is 8.40. The molecule has 0 saturated heterocycles. The third-order valence-corrected chi connectivity index (χ3v) is 4.64. The topological polar surface area (TPSA) is 35.5 Å². The summed E-state index contributed by atoms with van der Waals surface area (Å²) in [4.78, 5) is 0. The van der Waals surface area contributed by atoms with Gasteiger partial charge in [-0.05, 0) is 24.7 Å².